The summed E-state index contributed by atoms with van der Waals surface area (Å²) in [7, 11) is 0. The van der Waals surface area contributed by atoms with E-state index in [1.165, 1.54) is 0 Å². The number of halogens is 4. The second-order valence-corrected chi connectivity index (χ2v) is 3.69. The lowest BCUT2D eigenvalue weighted by molar-refractivity contribution is -0.155. The molecule has 0 aliphatic heterocycles. The first-order chi connectivity index (χ1) is 8.55. The first-order valence-electron chi connectivity index (χ1n) is 4.80. The van der Waals surface area contributed by atoms with Crippen LogP contribution in [0.5, 0.6) is 0 Å². The van der Waals surface area contributed by atoms with Crippen molar-refractivity contribution in [3.63, 3.8) is 0 Å². The van der Waals surface area contributed by atoms with Gasteiger partial charge in [0.1, 0.15) is 11.9 Å². The minimum atomic E-state index is -4.99. The Kier molecular flexibility index (Phi) is 4.01. The highest BCUT2D eigenvalue weighted by Crippen LogP contribution is 2.37. The van der Waals surface area contributed by atoms with Gasteiger partial charge in [-0.05, 0) is 17.7 Å². The van der Waals surface area contributed by atoms with E-state index in [0.717, 1.165) is 0 Å². The Labute approximate surface area is 103 Å². The van der Waals surface area contributed by atoms with E-state index in [2.05, 4.69) is 0 Å². The first kappa shape index (κ1) is 15.2. The number of carboxylic acid groups (broad SMARTS) is 1. The number of nitrogens with two attached hydrogens (primary N) is 1. The molecule has 1 rings (SSSR count). The van der Waals surface area contributed by atoms with E-state index in [1.54, 1.807) is 0 Å². The van der Waals surface area contributed by atoms with Crippen molar-refractivity contribution in [2.75, 3.05) is 5.73 Å². The van der Waals surface area contributed by atoms with Gasteiger partial charge < -0.3 is 21.1 Å². The lowest BCUT2D eigenvalue weighted by Gasteiger charge is -2.20. The smallest absolute Gasteiger partial charge is 0.416 e. The lowest BCUT2D eigenvalue weighted by Crippen LogP contribution is -2.29. The minimum absolute atomic E-state index is 0.225. The van der Waals surface area contributed by atoms with Crippen LogP contribution in [0.1, 0.15) is 17.2 Å². The summed E-state index contributed by atoms with van der Waals surface area (Å²) in [6.07, 6.45) is -9.95. The first-order valence-corrected chi connectivity index (χ1v) is 4.80. The molecule has 1 aromatic rings. The fraction of sp³-hybridized carbons (Fsp3) is 0.300. The lowest BCUT2D eigenvalue weighted by atomic mass is 9.97. The van der Waals surface area contributed by atoms with Gasteiger partial charge >= 0.3 is 12.1 Å². The molecule has 0 radical (unpaired) electrons. The monoisotopic (exact) mass is 283 g/mol. The van der Waals surface area contributed by atoms with Crippen molar-refractivity contribution in [3.8, 4) is 0 Å². The van der Waals surface area contributed by atoms with Crippen molar-refractivity contribution in [3.05, 3.63) is 29.1 Å². The number of anilines is 1. The molecule has 0 fully saturated rings. The maximum absolute atomic E-state index is 13.1. The molecule has 0 saturated heterocycles. The largest absolute Gasteiger partial charge is 0.479 e. The molecule has 2 atom stereocenters. The van der Waals surface area contributed by atoms with Crippen LogP contribution < -0.4 is 5.73 Å². The Bertz CT molecular complexity index is 503. The summed E-state index contributed by atoms with van der Waals surface area (Å²) < 4.78 is 51.1. The van der Waals surface area contributed by atoms with Gasteiger partial charge in [-0.3, -0.25) is 0 Å². The van der Waals surface area contributed by atoms with E-state index in [1.807, 2.05) is 0 Å². The van der Waals surface area contributed by atoms with Gasteiger partial charge in [0.05, 0.1) is 11.3 Å². The third-order valence-electron chi connectivity index (χ3n) is 2.34. The number of carboxylic acids is 1. The maximum atomic E-state index is 13.1. The second-order valence-electron chi connectivity index (χ2n) is 3.69. The number of carbonyl (C=O) groups is 1. The number of alkyl halides is 3. The summed E-state index contributed by atoms with van der Waals surface area (Å²) in [6, 6.07) is 0.470. The molecule has 106 valence electrons. The molecule has 0 aliphatic rings. The number of rotatable bonds is 3. The van der Waals surface area contributed by atoms with Crippen molar-refractivity contribution in [2.45, 2.75) is 18.4 Å². The zero-order valence-electron chi connectivity index (χ0n) is 9.15. The SMILES string of the molecule is Nc1cc(C(F)(F)F)c(C(O)C(O)C(=O)O)cc1F. The molecule has 0 aromatic heterocycles. The quantitative estimate of drug-likeness (QED) is 0.487. The van der Waals surface area contributed by atoms with Crippen LogP contribution in [0.15, 0.2) is 12.1 Å². The number of nitrogen functional groups attached to an aromatic ring is 1. The summed E-state index contributed by atoms with van der Waals surface area (Å²) in [6.45, 7) is 0. The summed E-state index contributed by atoms with van der Waals surface area (Å²) in [5.74, 6) is -3.21. The van der Waals surface area contributed by atoms with Crippen LogP contribution in [0, 0.1) is 5.82 Å². The highest BCUT2D eigenvalue weighted by molar-refractivity contribution is 5.73. The summed E-state index contributed by atoms with van der Waals surface area (Å²) >= 11 is 0. The van der Waals surface area contributed by atoms with Crippen molar-refractivity contribution in [1.29, 1.82) is 0 Å². The highest BCUT2D eigenvalue weighted by Gasteiger charge is 2.38. The predicted molar refractivity (Wildman–Crippen MR) is 54.4 cm³/mol. The van der Waals surface area contributed by atoms with Crippen molar-refractivity contribution in [1.82, 2.24) is 0 Å². The van der Waals surface area contributed by atoms with Crippen molar-refractivity contribution >= 4 is 11.7 Å². The highest BCUT2D eigenvalue weighted by atomic mass is 19.4. The Morgan fingerprint density at radius 1 is 1.26 bits per heavy atom. The van der Waals surface area contributed by atoms with E-state index < -0.39 is 47.0 Å². The van der Waals surface area contributed by atoms with Crippen molar-refractivity contribution in [2.24, 2.45) is 0 Å². The molecule has 5 nitrogen and oxygen atoms in total. The van der Waals surface area contributed by atoms with E-state index in [-0.39, 0.29) is 12.1 Å². The Morgan fingerprint density at radius 3 is 2.21 bits per heavy atom. The van der Waals surface area contributed by atoms with Crippen LogP contribution in [0.3, 0.4) is 0 Å². The average molecular weight is 283 g/mol. The summed E-state index contributed by atoms with van der Waals surface area (Å²) in [4.78, 5) is 10.4. The van der Waals surface area contributed by atoms with Gasteiger partial charge in [-0.25, -0.2) is 9.18 Å². The second kappa shape index (κ2) is 5.02. The van der Waals surface area contributed by atoms with Gasteiger partial charge in [0.25, 0.3) is 0 Å². The zero-order valence-corrected chi connectivity index (χ0v) is 9.15. The third-order valence-corrected chi connectivity index (χ3v) is 2.34. The third kappa shape index (κ3) is 3.12. The fourth-order valence-corrected chi connectivity index (χ4v) is 1.40. The van der Waals surface area contributed by atoms with E-state index >= 15 is 0 Å². The van der Waals surface area contributed by atoms with Crippen LogP contribution in [0.25, 0.3) is 0 Å². The Morgan fingerprint density at radius 2 is 1.79 bits per heavy atom. The molecule has 1 aromatic carbocycles. The van der Waals surface area contributed by atoms with Crippen LogP contribution in [0.4, 0.5) is 23.2 Å². The molecule has 0 aliphatic carbocycles. The molecule has 0 spiro atoms. The van der Waals surface area contributed by atoms with E-state index in [0.29, 0.717) is 0 Å². The average Bonchev–Trinajstić information content (AvgIpc) is 2.28. The number of hydrogen-bond donors (Lipinski definition) is 4. The molecular formula is C10H9F4NO4. The Hall–Kier alpha value is -1.87. The van der Waals surface area contributed by atoms with Crippen LogP contribution in [0.2, 0.25) is 0 Å². The maximum Gasteiger partial charge on any atom is 0.416 e. The van der Waals surface area contributed by atoms with Gasteiger partial charge in [0, 0.05) is 0 Å². The zero-order chi connectivity index (χ0) is 15.0. The van der Waals surface area contributed by atoms with Crippen LogP contribution >= 0.6 is 0 Å². The number of aliphatic hydroxyl groups is 2. The molecular weight excluding hydrogens is 274 g/mol. The predicted octanol–water partition coefficient (Wildman–Crippen LogP) is 0.906. The Balaban J connectivity index is 3.41. The van der Waals surface area contributed by atoms with Gasteiger partial charge in [-0.2, -0.15) is 13.2 Å². The normalized spacial score (nSPS) is 15.1. The van der Waals surface area contributed by atoms with E-state index in [9.17, 15) is 27.5 Å². The van der Waals surface area contributed by atoms with Gasteiger partial charge in [-0.1, -0.05) is 0 Å². The molecule has 0 heterocycles. The fourth-order valence-electron chi connectivity index (χ4n) is 1.40. The van der Waals surface area contributed by atoms with E-state index in [4.69, 9.17) is 15.9 Å². The number of benzene rings is 1. The van der Waals surface area contributed by atoms with Crippen molar-refractivity contribution < 1.29 is 37.7 Å². The molecule has 0 bridgehead atoms. The molecule has 2 unspecified atom stereocenters. The van der Waals surface area contributed by atoms with Crippen LogP contribution in [-0.2, 0) is 11.0 Å². The number of hydrogen-bond acceptors (Lipinski definition) is 4. The molecule has 19 heavy (non-hydrogen) atoms. The standard InChI is InChI=1S/C10H9F4NO4/c11-5-1-3(7(16)8(17)9(18)19)4(2-6(5)15)10(12,13)14/h1-2,7-8,16-17H,15H2,(H,18,19). The van der Waals surface area contributed by atoms with Gasteiger partial charge in [0.15, 0.2) is 6.10 Å². The minimum Gasteiger partial charge on any atom is -0.479 e. The molecule has 0 saturated carbocycles. The van der Waals surface area contributed by atoms with Gasteiger partial charge in [-0.15, -0.1) is 0 Å². The number of aliphatic hydroxyl groups excluding tert-OH is 2. The topological polar surface area (TPSA) is 104 Å². The van der Waals surface area contributed by atoms with Crippen LogP contribution in [-0.4, -0.2) is 27.4 Å². The molecule has 9 heteroatoms. The molecule has 5 N–H and O–H groups in total. The van der Waals surface area contributed by atoms with Gasteiger partial charge in [0.2, 0.25) is 0 Å². The number of aliphatic carboxylic acids is 1. The molecule has 0 amide bonds. The summed E-state index contributed by atoms with van der Waals surface area (Å²) in [5, 5.41) is 26.8. The summed E-state index contributed by atoms with van der Waals surface area (Å²) in [5.41, 5.74) is 1.56.